The molecule has 1 aromatic carbocycles. The van der Waals surface area contributed by atoms with E-state index in [1.165, 1.54) is 19.3 Å². The Bertz CT molecular complexity index is 984. The predicted molar refractivity (Wildman–Crippen MR) is 126 cm³/mol. The van der Waals surface area contributed by atoms with Crippen LogP contribution in [-0.4, -0.2) is 45.6 Å². The van der Waals surface area contributed by atoms with Gasteiger partial charge in [-0.15, -0.1) is 0 Å². The van der Waals surface area contributed by atoms with Gasteiger partial charge in [0.15, 0.2) is 0 Å². The van der Waals surface area contributed by atoms with Gasteiger partial charge in [0, 0.05) is 24.2 Å². The first-order valence-electron chi connectivity index (χ1n) is 11.5. The predicted octanol–water partition coefficient (Wildman–Crippen LogP) is 4.85. The highest BCUT2D eigenvalue weighted by Crippen LogP contribution is 2.27. The van der Waals surface area contributed by atoms with Gasteiger partial charge in [0.2, 0.25) is 5.91 Å². The molecule has 172 valence electrons. The molecular formula is C24H30Cl2N4O2. The number of hydrogen-bond acceptors (Lipinski definition) is 3. The Labute approximate surface area is 199 Å². The fourth-order valence-electron chi connectivity index (χ4n) is 4.79. The van der Waals surface area contributed by atoms with E-state index in [4.69, 9.17) is 23.2 Å². The van der Waals surface area contributed by atoms with Gasteiger partial charge in [-0.2, -0.15) is 5.10 Å². The van der Waals surface area contributed by atoms with E-state index in [0.29, 0.717) is 41.1 Å². The Morgan fingerprint density at radius 3 is 2.59 bits per heavy atom. The third-order valence-electron chi connectivity index (χ3n) is 6.59. The largest absolute Gasteiger partial charge is 0.353 e. The van der Waals surface area contributed by atoms with E-state index >= 15 is 0 Å². The summed E-state index contributed by atoms with van der Waals surface area (Å²) in [4.78, 5) is 28.0. The van der Waals surface area contributed by atoms with Crippen LogP contribution in [0.4, 0.5) is 0 Å². The maximum Gasteiger partial charge on any atom is 0.258 e. The maximum atomic E-state index is 13.4. The van der Waals surface area contributed by atoms with Crippen molar-refractivity contribution in [1.82, 2.24) is 20.0 Å². The van der Waals surface area contributed by atoms with Crippen LogP contribution in [0.15, 0.2) is 24.3 Å². The molecule has 32 heavy (non-hydrogen) atoms. The molecule has 1 N–H and O–H groups in total. The van der Waals surface area contributed by atoms with Gasteiger partial charge in [0.1, 0.15) is 5.15 Å². The first kappa shape index (κ1) is 23.1. The lowest BCUT2D eigenvalue weighted by Crippen LogP contribution is -2.48. The summed E-state index contributed by atoms with van der Waals surface area (Å²) in [6, 6.07) is 7.79. The van der Waals surface area contributed by atoms with Crippen molar-refractivity contribution in [3.63, 3.8) is 0 Å². The monoisotopic (exact) mass is 476 g/mol. The Morgan fingerprint density at radius 1 is 1.09 bits per heavy atom. The standard InChI is InChI=1S/C24H30Cl2N4O2/c1-16-21(22(26)30(28-16)15-17-8-5-6-12-20(17)25)24(32)29-13-7-9-18(14-29)23(31)27-19-10-3-2-4-11-19/h5-6,8,12,18-19H,2-4,7,9-11,13-15H2,1H3,(H,27,31). The first-order chi connectivity index (χ1) is 15.4. The molecule has 1 unspecified atom stereocenters. The van der Waals surface area contributed by atoms with Gasteiger partial charge in [-0.3, -0.25) is 9.59 Å². The Balaban J connectivity index is 1.44. The SMILES string of the molecule is Cc1nn(Cc2ccccc2Cl)c(Cl)c1C(=O)N1CCCC(C(=O)NC2CCCCC2)C1. The summed E-state index contributed by atoms with van der Waals surface area (Å²) in [6.07, 6.45) is 7.33. The molecule has 2 heterocycles. The Morgan fingerprint density at radius 2 is 1.84 bits per heavy atom. The lowest BCUT2D eigenvalue weighted by Gasteiger charge is -2.33. The minimum absolute atomic E-state index is 0.0756. The van der Waals surface area contributed by atoms with Crippen molar-refractivity contribution >= 4 is 35.0 Å². The molecule has 1 aliphatic heterocycles. The van der Waals surface area contributed by atoms with E-state index in [9.17, 15) is 9.59 Å². The molecule has 2 fully saturated rings. The van der Waals surface area contributed by atoms with Crippen molar-refractivity contribution in [1.29, 1.82) is 0 Å². The van der Waals surface area contributed by atoms with Crippen molar-refractivity contribution in [2.45, 2.75) is 64.5 Å². The van der Waals surface area contributed by atoms with Gasteiger partial charge in [-0.1, -0.05) is 60.7 Å². The number of piperidine rings is 1. The first-order valence-corrected chi connectivity index (χ1v) is 12.3. The van der Waals surface area contributed by atoms with Crippen LogP contribution in [0.3, 0.4) is 0 Å². The minimum Gasteiger partial charge on any atom is -0.353 e. The number of aromatic nitrogens is 2. The molecule has 1 saturated carbocycles. The average molecular weight is 477 g/mol. The van der Waals surface area contributed by atoms with Gasteiger partial charge < -0.3 is 10.2 Å². The van der Waals surface area contributed by atoms with Gasteiger partial charge in [-0.25, -0.2) is 4.68 Å². The van der Waals surface area contributed by atoms with Crippen LogP contribution in [0.5, 0.6) is 0 Å². The second kappa shape index (κ2) is 10.3. The van der Waals surface area contributed by atoms with Gasteiger partial charge in [0.25, 0.3) is 5.91 Å². The quantitative estimate of drug-likeness (QED) is 0.670. The van der Waals surface area contributed by atoms with Crippen LogP contribution < -0.4 is 5.32 Å². The second-order valence-corrected chi connectivity index (χ2v) is 9.70. The van der Waals surface area contributed by atoms with E-state index in [1.54, 1.807) is 16.5 Å². The summed E-state index contributed by atoms with van der Waals surface area (Å²) in [5, 5.41) is 8.65. The number of aryl methyl sites for hydroxylation is 1. The molecular weight excluding hydrogens is 447 g/mol. The summed E-state index contributed by atoms with van der Waals surface area (Å²) in [5.74, 6) is -0.258. The van der Waals surface area contributed by atoms with Crippen molar-refractivity contribution in [3.05, 3.63) is 51.3 Å². The molecule has 1 saturated heterocycles. The van der Waals surface area contributed by atoms with Crippen LogP contribution in [0.1, 0.15) is 66.6 Å². The van der Waals surface area contributed by atoms with Crippen LogP contribution in [0, 0.1) is 12.8 Å². The summed E-state index contributed by atoms with van der Waals surface area (Å²) < 4.78 is 1.61. The lowest BCUT2D eigenvalue weighted by molar-refractivity contribution is -0.127. The zero-order chi connectivity index (χ0) is 22.7. The van der Waals surface area contributed by atoms with E-state index in [0.717, 1.165) is 31.2 Å². The summed E-state index contributed by atoms with van der Waals surface area (Å²) in [7, 11) is 0. The third-order valence-corrected chi connectivity index (χ3v) is 7.34. The van der Waals surface area contributed by atoms with E-state index in [-0.39, 0.29) is 23.8 Å². The molecule has 2 aromatic rings. The molecule has 6 nitrogen and oxygen atoms in total. The normalized spacial score (nSPS) is 19.7. The molecule has 0 bridgehead atoms. The maximum absolute atomic E-state index is 13.4. The van der Waals surface area contributed by atoms with Crippen molar-refractivity contribution in [2.75, 3.05) is 13.1 Å². The molecule has 1 atom stereocenters. The number of nitrogens with zero attached hydrogens (tertiary/aromatic N) is 3. The minimum atomic E-state index is -0.174. The Kier molecular flexibility index (Phi) is 7.41. The Hall–Kier alpha value is -2.05. The highest BCUT2D eigenvalue weighted by Gasteiger charge is 2.32. The number of amides is 2. The summed E-state index contributed by atoms with van der Waals surface area (Å²) in [5.41, 5.74) is 1.88. The molecule has 1 aromatic heterocycles. The van der Waals surface area contributed by atoms with Gasteiger partial charge >= 0.3 is 0 Å². The number of hydrogen-bond donors (Lipinski definition) is 1. The van der Waals surface area contributed by atoms with E-state index in [2.05, 4.69) is 10.4 Å². The second-order valence-electron chi connectivity index (χ2n) is 8.93. The van der Waals surface area contributed by atoms with Crippen molar-refractivity contribution in [3.8, 4) is 0 Å². The smallest absolute Gasteiger partial charge is 0.258 e. The van der Waals surface area contributed by atoms with Crippen LogP contribution in [0.2, 0.25) is 10.2 Å². The van der Waals surface area contributed by atoms with Crippen LogP contribution >= 0.6 is 23.2 Å². The molecule has 1 aliphatic carbocycles. The molecule has 0 radical (unpaired) electrons. The van der Waals surface area contributed by atoms with Crippen molar-refractivity contribution in [2.24, 2.45) is 5.92 Å². The summed E-state index contributed by atoms with van der Waals surface area (Å²) >= 11 is 12.9. The van der Waals surface area contributed by atoms with E-state index in [1.807, 2.05) is 24.3 Å². The fraction of sp³-hybridized carbons (Fsp3) is 0.542. The molecule has 0 spiro atoms. The highest BCUT2D eigenvalue weighted by atomic mass is 35.5. The van der Waals surface area contributed by atoms with Gasteiger partial charge in [-0.05, 0) is 44.2 Å². The number of halogens is 2. The molecule has 8 heteroatoms. The average Bonchev–Trinajstić information content (AvgIpc) is 3.08. The van der Waals surface area contributed by atoms with E-state index < -0.39 is 0 Å². The molecule has 4 rings (SSSR count). The van der Waals surface area contributed by atoms with Crippen LogP contribution in [0.25, 0.3) is 0 Å². The number of nitrogens with one attached hydrogen (secondary N) is 1. The van der Waals surface area contributed by atoms with Crippen LogP contribution in [-0.2, 0) is 11.3 Å². The van der Waals surface area contributed by atoms with Crippen molar-refractivity contribution < 1.29 is 9.59 Å². The number of carbonyl (C=O) groups is 2. The zero-order valence-corrected chi connectivity index (χ0v) is 20.0. The molecule has 2 aliphatic rings. The highest BCUT2D eigenvalue weighted by molar-refractivity contribution is 6.33. The number of likely N-dealkylation sites (tertiary alicyclic amines) is 1. The lowest BCUT2D eigenvalue weighted by atomic mass is 9.93. The number of rotatable bonds is 5. The number of carbonyl (C=O) groups excluding carboxylic acids is 2. The molecule has 2 amide bonds. The zero-order valence-electron chi connectivity index (χ0n) is 18.4. The van der Waals surface area contributed by atoms with Gasteiger partial charge in [0.05, 0.1) is 23.7 Å². The fourth-order valence-corrected chi connectivity index (χ4v) is 5.30. The summed E-state index contributed by atoms with van der Waals surface area (Å²) in [6.45, 7) is 3.22. The third kappa shape index (κ3) is 5.12. The number of benzene rings is 1. The topological polar surface area (TPSA) is 67.2 Å².